The van der Waals surface area contributed by atoms with Crippen molar-refractivity contribution in [3.05, 3.63) is 53.2 Å². The van der Waals surface area contributed by atoms with Crippen LogP contribution in [0.15, 0.2) is 36.5 Å². The summed E-state index contributed by atoms with van der Waals surface area (Å²) in [5.41, 5.74) is 5.80. The number of rotatable bonds is 2. The summed E-state index contributed by atoms with van der Waals surface area (Å²) in [5.74, 6) is -0.443. The third kappa shape index (κ3) is 3.50. The fraction of sp³-hybridized carbons (Fsp3) is 0.143. The second-order valence-electron chi connectivity index (χ2n) is 4.46. The molecule has 0 aliphatic rings. The van der Waals surface area contributed by atoms with Crippen molar-refractivity contribution in [1.82, 2.24) is 4.98 Å². The predicted molar refractivity (Wildman–Crippen MR) is 72.8 cm³/mol. The molecule has 0 fully saturated rings. The minimum atomic E-state index is -4.49. The molecule has 21 heavy (non-hydrogen) atoms. The van der Waals surface area contributed by atoms with E-state index in [9.17, 15) is 18.0 Å². The lowest BCUT2D eigenvalue weighted by Gasteiger charge is -2.09. The standard InChI is InChI=1S/C14H12F3N3O/c1-8-5-12(19-7-11(8)18)20-13(21)9-3-2-4-10(6-9)14(15,16)17/h2-7H,18H2,1H3,(H,19,20,21). The summed E-state index contributed by atoms with van der Waals surface area (Å²) in [4.78, 5) is 15.8. The largest absolute Gasteiger partial charge is 0.416 e. The van der Waals surface area contributed by atoms with Crippen LogP contribution in [-0.2, 0) is 6.18 Å². The molecule has 0 atom stereocenters. The van der Waals surface area contributed by atoms with Gasteiger partial charge >= 0.3 is 6.18 Å². The van der Waals surface area contributed by atoms with E-state index in [2.05, 4.69) is 10.3 Å². The van der Waals surface area contributed by atoms with E-state index in [0.29, 0.717) is 11.3 Å². The van der Waals surface area contributed by atoms with E-state index < -0.39 is 17.6 Å². The fourth-order valence-electron chi connectivity index (χ4n) is 1.66. The van der Waals surface area contributed by atoms with Crippen molar-refractivity contribution in [2.24, 2.45) is 0 Å². The van der Waals surface area contributed by atoms with Crippen molar-refractivity contribution in [3.8, 4) is 0 Å². The number of alkyl halides is 3. The van der Waals surface area contributed by atoms with Gasteiger partial charge in [-0.3, -0.25) is 4.79 Å². The van der Waals surface area contributed by atoms with Gasteiger partial charge < -0.3 is 11.1 Å². The molecule has 0 bridgehead atoms. The Kier molecular flexibility index (Phi) is 3.84. The average Bonchev–Trinajstić information content (AvgIpc) is 2.42. The van der Waals surface area contributed by atoms with E-state index in [1.165, 1.54) is 18.3 Å². The highest BCUT2D eigenvalue weighted by molar-refractivity contribution is 6.03. The number of hydrogen-bond donors (Lipinski definition) is 2. The quantitative estimate of drug-likeness (QED) is 0.893. The van der Waals surface area contributed by atoms with Crippen molar-refractivity contribution >= 4 is 17.4 Å². The lowest BCUT2D eigenvalue weighted by atomic mass is 10.1. The van der Waals surface area contributed by atoms with Crippen LogP contribution in [0.5, 0.6) is 0 Å². The highest BCUT2D eigenvalue weighted by atomic mass is 19.4. The number of aryl methyl sites for hydroxylation is 1. The molecule has 1 amide bonds. The number of amides is 1. The van der Waals surface area contributed by atoms with E-state index in [-0.39, 0.29) is 11.4 Å². The number of hydrogen-bond acceptors (Lipinski definition) is 3. The molecule has 0 aliphatic heterocycles. The maximum atomic E-state index is 12.6. The van der Waals surface area contributed by atoms with Gasteiger partial charge in [0.25, 0.3) is 5.91 Å². The van der Waals surface area contributed by atoms with E-state index in [1.807, 2.05) is 0 Å². The van der Waals surface area contributed by atoms with Crippen molar-refractivity contribution in [2.45, 2.75) is 13.1 Å². The van der Waals surface area contributed by atoms with Crippen LogP contribution in [0.4, 0.5) is 24.7 Å². The molecule has 0 aliphatic carbocycles. The number of anilines is 2. The molecule has 0 radical (unpaired) electrons. The lowest BCUT2D eigenvalue weighted by Crippen LogP contribution is -2.15. The third-order valence-corrected chi connectivity index (χ3v) is 2.84. The van der Waals surface area contributed by atoms with Gasteiger partial charge in [0.1, 0.15) is 5.82 Å². The van der Waals surface area contributed by atoms with Gasteiger partial charge in [-0.2, -0.15) is 13.2 Å². The van der Waals surface area contributed by atoms with Crippen molar-refractivity contribution < 1.29 is 18.0 Å². The zero-order chi connectivity index (χ0) is 15.6. The Morgan fingerprint density at radius 1 is 1.29 bits per heavy atom. The van der Waals surface area contributed by atoms with Gasteiger partial charge in [-0.15, -0.1) is 0 Å². The lowest BCUT2D eigenvalue weighted by molar-refractivity contribution is -0.137. The van der Waals surface area contributed by atoms with Crippen molar-refractivity contribution in [3.63, 3.8) is 0 Å². The molecule has 0 saturated carbocycles. The van der Waals surface area contributed by atoms with E-state index in [4.69, 9.17) is 5.73 Å². The maximum absolute atomic E-state index is 12.6. The molecule has 1 aromatic heterocycles. The normalized spacial score (nSPS) is 11.2. The Hall–Kier alpha value is -2.57. The van der Waals surface area contributed by atoms with Crippen LogP contribution >= 0.6 is 0 Å². The number of halogens is 3. The van der Waals surface area contributed by atoms with Gasteiger partial charge in [-0.1, -0.05) is 6.07 Å². The molecule has 0 saturated heterocycles. The van der Waals surface area contributed by atoms with Gasteiger partial charge in [0.2, 0.25) is 0 Å². The predicted octanol–water partition coefficient (Wildman–Crippen LogP) is 3.24. The minimum absolute atomic E-state index is 0.0962. The summed E-state index contributed by atoms with van der Waals surface area (Å²) in [6.07, 6.45) is -3.12. The van der Waals surface area contributed by atoms with Gasteiger partial charge in [0, 0.05) is 5.56 Å². The molecule has 7 heteroatoms. The first-order chi connectivity index (χ1) is 9.77. The Balaban J connectivity index is 2.22. The Labute approximate surface area is 118 Å². The number of aromatic nitrogens is 1. The van der Waals surface area contributed by atoms with E-state index in [1.54, 1.807) is 13.0 Å². The van der Waals surface area contributed by atoms with E-state index in [0.717, 1.165) is 12.1 Å². The smallest absolute Gasteiger partial charge is 0.397 e. The Morgan fingerprint density at radius 2 is 2.00 bits per heavy atom. The molecule has 1 heterocycles. The highest BCUT2D eigenvalue weighted by Gasteiger charge is 2.30. The minimum Gasteiger partial charge on any atom is -0.397 e. The fourth-order valence-corrected chi connectivity index (χ4v) is 1.66. The van der Waals surface area contributed by atoms with Crippen LogP contribution in [0.3, 0.4) is 0 Å². The SMILES string of the molecule is Cc1cc(NC(=O)c2cccc(C(F)(F)F)c2)ncc1N. The number of carbonyl (C=O) groups is 1. The molecule has 1 aromatic carbocycles. The molecule has 0 unspecified atom stereocenters. The summed E-state index contributed by atoms with van der Waals surface area (Å²) in [6.45, 7) is 1.73. The van der Waals surface area contributed by atoms with E-state index >= 15 is 0 Å². The summed E-state index contributed by atoms with van der Waals surface area (Å²) < 4.78 is 37.8. The first-order valence-corrected chi connectivity index (χ1v) is 5.98. The van der Waals surface area contributed by atoms with Crippen molar-refractivity contribution in [1.29, 1.82) is 0 Å². The van der Waals surface area contributed by atoms with Crippen LogP contribution in [0.25, 0.3) is 0 Å². The van der Waals surface area contributed by atoms with Crippen LogP contribution in [0, 0.1) is 6.92 Å². The topological polar surface area (TPSA) is 68.0 Å². The number of nitrogens with two attached hydrogens (primary N) is 1. The van der Waals surface area contributed by atoms with Gasteiger partial charge in [0.15, 0.2) is 0 Å². The van der Waals surface area contributed by atoms with Crippen LogP contribution in [0.2, 0.25) is 0 Å². The summed E-state index contributed by atoms with van der Waals surface area (Å²) in [7, 11) is 0. The Bertz CT molecular complexity index is 683. The highest BCUT2D eigenvalue weighted by Crippen LogP contribution is 2.29. The second kappa shape index (κ2) is 5.43. The number of nitrogens with zero attached hydrogens (tertiary/aromatic N) is 1. The number of carbonyl (C=O) groups excluding carboxylic acids is 1. The zero-order valence-corrected chi connectivity index (χ0v) is 11.0. The average molecular weight is 295 g/mol. The second-order valence-corrected chi connectivity index (χ2v) is 4.46. The molecule has 0 spiro atoms. The van der Waals surface area contributed by atoms with Crippen LogP contribution < -0.4 is 11.1 Å². The molecule has 110 valence electrons. The molecule has 3 N–H and O–H groups in total. The molecule has 2 rings (SSSR count). The summed E-state index contributed by atoms with van der Waals surface area (Å²) >= 11 is 0. The van der Waals surface area contributed by atoms with Crippen molar-refractivity contribution in [2.75, 3.05) is 11.1 Å². The monoisotopic (exact) mass is 295 g/mol. The number of nitrogens with one attached hydrogen (secondary N) is 1. The van der Waals surface area contributed by atoms with Gasteiger partial charge in [-0.25, -0.2) is 4.98 Å². The summed E-state index contributed by atoms with van der Waals surface area (Å²) in [5, 5.41) is 2.43. The third-order valence-electron chi connectivity index (χ3n) is 2.84. The number of nitrogen functional groups attached to an aromatic ring is 1. The first-order valence-electron chi connectivity index (χ1n) is 5.98. The van der Waals surface area contributed by atoms with Crippen LogP contribution in [0.1, 0.15) is 21.5 Å². The van der Waals surface area contributed by atoms with Crippen LogP contribution in [-0.4, -0.2) is 10.9 Å². The molecule has 4 nitrogen and oxygen atoms in total. The molecular formula is C14H12F3N3O. The molecular weight excluding hydrogens is 283 g/mol. The maximum Gasteiger partial charge on any atom is 0.416 e. The zero-order valence-electron chi connectivity index (χ0n) is 11.0. The number of benzene rings is 1. The van der Waals surface area contributed by atoms with Gasteiger partial charge in [-0.05, 0) is 36.8 Å². The number of pyridine rings is 1. The summed E-state index contributed by atoms with van der Waals surface area (Å²) in [6, 6.07) is 5.72. The molecule has 2 aromatic rings. The first kappa shape index (κ1) is 14.8. The van der Waals surface area contributed by atoms with Gasteiger partial charge in [0.05, 0.1) is 17.4 Å². The Morgan fingerprint density at radius 3 is 2.62 bits per heavy atom.